The molecule has 1 N–H and O–H groups in total. The summed E-state index contributed by atoms with van der Waals surface area (Å²) in [4.78, 5) is 6.92. The highest BCUT2D eigenvalue weighted by atomic mass is 32.1. The van der Waals surface area contributed by atoms with Crippen molar-refractivity contribution in [2.24, 2.45) is 0 Å². The lowest BCUT2D eigenvalue weighted by Gasteiger charge is -2.39. The molecule has 128 valence electrons. The van der Waals surface area contributed by atoms with Crippen molar-refractivity contribution in [3.05, 3.63) is 51.2 Å². The average molecular weight is 356 g/mol. The highest BCUT2D eigenvalue weighted by molar-refractivity contribution is 7.13. The van der Waals surface area contributed by atoms with Crippen LogP contribution >= 0.6 is 11.3 Å². The molecule has 2 aromatic rings. The van der Waals surface area contributed by atoms with Crippen LogP contribution < -0.4 is 4.98 Å². The number of aryl methyl sites for hydroxylation is 1. The fourth-order valence-corrected chi connectivity index (χ4v) is 10.1. The predicted molar refractivity (Wildman–Crippen MR) is 111 cm³/mol. The number of allylic oxidation sites excluding steroid dienone is 1. The molecule has 1 atom stereocenters. The number of rotatable bonds is 3. The van der Waals surface area contributed by atoms with Gasteiger partial charge < -0.3 is 4.98 Å². The zero-order chi connectivity index (χ0) is 17.7. The number of fused-ring (bicyclic) bond motifs is 1. The third-order valence-corrected chi connectivity index (χ3v) is 9.38. The van der Waals surface area contributed by atoms with Gasteiger partial charge in [0.2, 0.25) is 0 Å². The summed E-state index contributed by atoms with van der Waals surface area (Å²) in [5.41, 5.74) is 6.64. The van der Waals surface area contributed by atoms with Gasteiger partial charge >= 0.3 is 0 Å². The molecule has 1 unspecified atom stereocenters. The van der Waals surface area contributed by atoms with Crippen LogP contribution in [-0.4, -0.2) is 13.8 Å². The molecule has 0 spiro atoms. The summed E-state index contributed by atoms with van der Waals surface area (Å²) in [6.45, 7) is 16.4. The van der Waals surface area contributed by atoms with E-state index in [1.54, 1.807) is 5.56 Å². The predicted octanol–water partition coefficient (Wildman–Crippen LogP) is 6.36. The molecule has 3 heteroatoms. The first-order valence-corrected chi connectivity index (χ1v) is 12.7. The Morgan fingerprint density at radius 2 is 1.67 bits per heavy atom. The molecule has 0 fully saturated rings. The molecule has 1 nitrogen and oxygen atoms in total. The Morgan fingerprint density at radius 3 is 2.25 bits per heavy atom. The molecular weight excluding hydrogens is 326 g/mol. The summed E-state index contributed by atoms with van der Waals surface area (Å²) in [5, 5.41) is 0. The average Bonchev–Trinajstić information content (AvgIpc) is 2.89. The van der Waals surface area contributed by atoms with E-state index in [0.29, 0.717) is 5.54 Å². The van der Waals surface area contributed by atoms with E-state index in [1.807, 2.05) is 11.3 Å². The van der Waals surface area contributed by atoms with E-state index in [1.165, 1.54) is 26.5 Å². The molecule has 24 heavy (non-hydrogen) atoms. The lowest BCUT2D eigenvalue weighted by atomic mass is 9.99. The molecule has 1 aromatic heterocycles. The lowest BCUT2D eigenvalue weighted by Crippen LogP contribution is -2.58. The molecule has 1 aliphatic rings. The van der Waals surface area contributed by atoms with Gasteiger partial charge in [0.1, 0.15) is 8.24 Å². The molecule has 3 rings (SSSR count). The van der Waals surface area contributed by atoms with Crippen LogP contribution in [0.15, 0.2) is 35.9 Å². The highest BCUT2D eigenvalue weighted by Gasteiger charge is 2.42. The van der Waals surface area contributed by atoms with Crippen molar-refractivity contribution >= 4 is 25.6 Å². The molecule has 1 heterocycles. The molecule has 0 radical (unpaired) electrons. The zero-order valence-electron chi connectivity index (χ0n) is 15.9. The summed E-state index contributed by atoms with van der Waals surface area (Å²) in [7, 11) is -1.68. The second-order valence-corrected chi connectivity index (χ2v) is 14.1. The Labute approximate surface area is 151 Å². The minimum atomic E-state index is -1.68. The first-order valence-electron chi connectivity index (χ1n) is 8.76. The number of nitrogens with one attached hydrogen (secondary N) is 1. The van der Waals surface area contributed by atoms with Gasteiger partial charge in [-0.1, -0.05) is 49.0 Å². The van der Waals surface area contributed by atoms with Crippen LogP contribution in [0, 0.1) is 6.92 Å². The summed E-state index contributed by atoms with van der Waals surface area (Å²) >= 11 is 1.96. The lowest BCUT2D eigenvalue weighted by molar-refractivity contribution is 0.508. The minimum absolute atomic E-state index is 0.150. The summed E-state index contributed by atoms with van der Waals surface area (Å²) < 4.78 is 0. The van der Waals surface area contributed by atoms with Crippen molar-refractivity contribution in [3.63, 3.8) is 0 Å². The van der Waals surface area contributed by atoms with E-state index in [2.05, 4.69) is 89.1 Å². The molecule has 0 bridgehead atoms. The van der Waals surface area contributed by atoms with Gasteiger partial charge in [-0.25, -0.2) is 0 Å². The van der Waals surface area contributed by atoms with Gasteiger partial charge in [-0.05, 0) is 57.4 Å². The first-order chi connectivity index (χ1) is 11.1. The molecule has 1 aromatic carbocycles. The number of hydrogen-bond acceptors (Lipinski definition) is 2. The third-order valence-electron chi connectivity index (χ3n) is 4.73. The molecule has 0 aliphatic heterocycles. The van der Waals surface area contributed by atoms with E-state index >= 15 is 0 Å². The Bertz CT molecular complexity index is 778. The number of hydrogen-bond donors (Lipinski definition) is 1. The summed E-state index contributed by atoms with van der Waals surface area (Å²) in [6.07, 6.45) is 2.43. The fourth-order valence-electron chi connectivity index (χ4n) is 4.43. The SMILES string of the molecule is CC1=Cc2sc(C)c(-c3ccccc3)c2C1[Si](C)(C)NC(C)(C)C. The van der Waals surface area contributed by atoms with E-state index in [0.717, 1.165) is 0 Å². The van der Waals surface area contributed by atoms with Crippen molar-refractivity contribution in [1.29, 1.82) is 0 Å². The van der Waals surface area contributed by atoms with E-state index in [4.69, 9.17) is 0 Å². The van der Waals surface area contributed by atoms with Crippen LogP contribution in [0.3, 0.4) is 0 Å². The molecule has 0 saturated heterocycles. The van der Waals surface area contributed by atoms with Crippen LogP contribution in [0.1, 0.15) is 48.6 Å². The first kappa shape index (κ1) is 17.7. The zero-order valence-corrected chi connectivity index (χ0v) is 17.8. The maximum absolute atomic E-state index is 4.00. The van der Waals surface area contributed by atoms with Crippen LogP contribution in [-0.2, 0) is 0 Å². The molecule has 0 amide bonds. The maximum atomic E-state index is 4.00. The Balaban J connectivity index is 2.13. The summed E-state index contributed by atoms with van der Waals surface area (Å²) in [5.74, 6) is 0. The van der Waals surface area contributed by atoms with Gasteiger partial charge in [0.05, 0.1) is 0 Å². The van der Waals surface area contributed by atoms with Gasteiger partial charge in [0, 0.05) is 20.8 Å². The Kier molecular flexibility index (Phi) is 4.39. The standard InChI is InChI=1S/C21H29NSSi/c1-14-13-17-19(20(14)24(6,7)22-21(3,4)5)18(15(2)23-17)16-11-9-8-10-12-16/h8-13,20,22H,1-7H3. The smallest absolute Gasteiger partial charge is 0.131 e. The van der Waals surface area contributed by atoms with Crippen LogP contribution in [0.5, 0.6) is 0 Å². The minimum Gasteiger partial charge on any atom is -0.332 e. The van der Waals surface area contributed by atoms with Crippen LogP contribution in [0.25, 0.3) is 17.2 Å². The number of thiophene rings is 1. The van der Waals surface area contributed by atoms with Gasteiger partial charge in [0.15, 0.2) is 0 Å². The number of benzene rings is 1. The normalized spacial score (nSPS) is 17.8. The van der Waals surface area contributed by atoms with Gasteiger partial charge in [-0.15, -0.1) is 11.3 Å². The van der Waals surface area contributed by atoms with Crippen LogP contribution in [0.2, 0.25) is 13.1 Å². The van der Waals surface area contributed by atoms with E-state index in [-0.39, 0.29) is 5.54 Å². The third kappa shape index (κ3) is 3.17. The van der Waals surface area contributed by atoms with Crippen molar-refractivity contribution < 1.29 is 0 Å². The second-order valence-electron chi connectivity index (χ2n) is 8.60. The van der Waals surface area contributed by atoms with Crippen LogP contribution in [0.4, 0.5) is 0 Å². The van der Waals surface area contributed by atoms with Crippen molar-refractivity contribution in [2.75, 3.05) is 0 Å². The highest BCUT2D eigenvalue weighted by Crippen LogP contribution is 2.50. The summed E-state index contributed by atoms with van der Waals surface area (Å²) in [6, 6.07) is 10.9. The molecule has 1 aliphatic carbocycles. The molecular formula is C21H29NSSi. The Hall–Kier alpha value is -1.16. The van der Waals surface area contributed by atoms with E-state index in [9.17, 15) is 0 Å². The van der Waals surface area contributed by atoms with Crippen molar-refractivity contribution in [1.82, 2.24) is 4.98 Å². The molecule has 0 saturated carbocycles. The monoisotopic (exact) mass is 355 g/mol. The second kappa shape index (κ2) is 5.97. The van der Waals surface area contributed by atoms with Gasteiger partial charge in [-0.3, -0.25) is 0 Å². The van der Waals surface area contributed by atoms with Crippen molar-refractivity contribution in [2.45, 2.75) is 58.8 Å². The van der Waals surface area contributed by atoms with Gasteiger partial charge in [-0.2, -0.15) is 0 Å². The maximum Gasteiger partial charge on any atom is 0.131 e. The fraction of sp³-hybridized carbons (Fsp3) is 0.429. The topological polar surface area (TPSA) is 12.0 Å². The van der Waals surface area contributed by atoms with Crippen molar-refractivity contribution in [3.8, 4) is 11.1 Å². The quantitative estimate of drug-likeness (QED) is 0.632. The van der Waals surface area contributed by atoms with Gasteiger partial charge in [0.25, 0.3) is 0 Å². The largest absolute Gasteiger partial charge is 0.332 e. The van der Waals surface area contributed by atoms with E-state index < -0.39 is 8.24 Å². The Morgan fingerprint density at radius 1 is 1.04 bits per heavy atom.